The fraction of sp³-hybridized carbons (Fsp3) is 0. The summed E-state index contributed by atoms with van der Waals surface area (Å²) in [4.78, 5) is 50.9. The van der Waals surface area contributed by atoms with Gasteiger partial charge < -0.3 is 29.4 Å². The second-order valence-electron chi connectivity index (χ2n) is 2.83. The molecule has 0 aliphatic carbocycles. The summed E-state index contributed by atoms with van der Waals surface area (Å²) in [6, 6.07) is 25.0. The predicted molar refractivity (Wildman–Crippen MR) is 73.4 cm³/mol. The van der Waals surface area contributed by atoms with Crippen LogP contribution in [-0.4, -0.2) is 0 Å². The Morgan fingerprint density at radius 1 is 0.462 bits per heavy atom. The topological polar surface area (TPSA) is 190 Å². The van der Waals surface area contributed by atoms with E-state index < -0.39 is 24.8 Å². The predicted octanol–water partition coefficient (Wildman–Crippen LogP) is -1.94. The Bertz CT molecular complexity index is 411. The van der Waals surface area contributed by atoms with Crippen molar-refractivity contribution in [3.63, 3.8) is 0 Å². The van der Waals surface area contributed by atoms with Crippen molar-refractivity contribution in [3.8, 4) is 0 Å². The minimum atomic E-state index is -3.37. The monoisotopic (exact) mass is 571 g/mol. The Morgan fingerprint density at radius 2 is 0.615 bits per heavy atom. The summed E-state index contributed by atoms with van der Waals surface area (Å²) in [5.74, 6) is 0. The number of rotatable bonds is 0. The summed E-state index contributed by atoms with van der Waals surface area (Å²) in [5.41, 5.74) is 0. The van der Waals surface area contributed by atoms with Gasteiger partial charge in [0.25, 0.3) is 24.8 Å². The van der Waals surface area contributed by atoms with Crippen LogP contribution in [0.25, 0.3) is 0 Å². The van der Waals surface area contributed by atoms with E-state index in [1.807, 2.05) is 60.7 Å². The van der Waals surface area contributed by atoms with E-state index in [1.165, 1.54) is 0 Å². The molecule has 26 heavy (non-hydrogen) atoms. The number of hydrogen-bond acceptors (Lipinski definition) is 9. The van der Waals surface area contributed by atoms with Gasteiger partial charge in [0.05, 0.1) is 0 Å². The van der Waals surface area contributed by atoms with Gasteiger partial charge in [-0.15, -0.1) is 0 Å². The maximum atomic E-state index is 8.48. The van der Waals surface area contributed by atoms with E-state index in [9.17, 15) is 0 Å². The Morgan fingerprint density at radius 3 is 0.654 bits per heavy atom. The summed E-state index contributed by atoms with van der Waals surface area (Å²) in [7, 11) is -10.1. The molecule has 14 heteroatoms. The molecule has 0 aliphatic rings. The molecular weight excluding hydrogens is 563 g/mol. The van der Waals surface area contributed by atoms with Gasteiger partial charge in [-0.25, -0.2) is 0 Å². The Hall–Kier alpha value is 0.266. The van der Waals surface area contributed by atoms with Crippen LogP contribution in [0.3, 0.4) is 0 Å². The van der Waals surface area contributed by atoms with Crippen molar-refractivity contribution in [2.75, 3.05) is 0 Å². The fourth-order valence-corrected chi connectivity index (χ4v) is 0.684. The summed E-state index contributed by atoms with van der Waals surface area (Å²) in [5, 5.41) is 0. The zero-order valence-corrected chi connectivity index (χ0v) is 20.4. The largest absolute Gasteiger partial charge is 4.00 e. The van der Waals surface area contributed by atoms with Crippen molar-refractivity contribution in [2.45, 2.75) is 0 Å². The molecule has 2 rings (SSSR count). The molecule has 0 fully saturated rings. The van der Waals surface area contributed by atoms with Crippen LogP contribution < -0.4 is 29.4 Å². The van der Waals surface area contributed by atoms with Crippen molar-refractivity contribution in [1.29, 1.82) is 0 Å². The van der Waals surface area contributed by atoms with Crippen LogP contribution in [0.1, 0.15) is 0 Å². The summed E-state index contributed by atoms with van der Waals surface area (Å²) in [6.07, 6.45) is 0. The molecule has 0 unspecified atom stereocenters. The molecule has 2 aromatic rings. The second-order valence-corrected chi connectivity index (χ2v) is 4.17. The van der Waals surface area contributed by atoms with Gasteiger partial charge in [-0.1, -0.05) is 13.7 Å². The molecule has 0 radical (unpaired) electrons. The number of benzene rings is 2. The first-order valence-corrected chi connectivity index (χ1v) is 8.75. The van der Waals surface area contributed by atoms with Gasteiger partial charge in [-0.3, -0.25) is 0 Å². The van der Waals surface area contributed by atoms with E-state index in [-0.39, 0.29) is 52.4 Å². The molecule has 0 aromatic heterocycles. The molecule has 0 bridgehead atoms. The first-order valence-electron chi connectivity index (χ1n) is 5.46. The molecule has 0 saturated carbocycles. The van der Waals surface area contributed by atoms with Gasteiger partial charge in [0.1, 0.15) is 0 Å². The van der Waals surface area contributed by atoms with Crippen molar-refractivity contribution in [2.24, 2.45) is 0 Å². The van der Waals surface area contributed by atoms with E-state index in [1.54, 1.807) is 0 Å². The molecule has 132 valence electrons. The zero-order valence-electron chi connectivity index (χ0n) is 12.8. The Balaban J connectivity index is -0.0000000706. The van der Waals surface area contributed by atoms with E-state index in [4.69, 9.17) is 43.1 Å². The molecule has 0 atom stereocenters. The van der Waals surface area contributed by atoms with Gasteiger partial charge >= 0.3 is 52.4 Å². The second kappa shape index (κ2) is 32.9. The van der Waals surface area contributed by atoms with Crippen LogP contribution in [0.2, 0.25) is 0 Å². The molecule has 0 saturated heterocycles. The molecule has 0 spiro atoms. The third kappa shape index (κ3) is 87.3. The zero-order chi connectivity index (χ0) is 19.2. The van der Waals surface area contributed by atoms with E-state index in [2.05, 4.69) is 12.1 Å². The quantitative estimate of drug-likeness (QED) is 0.255. The maximum Gasteiger partial charge on any atom is 4.00 e. The van der Waals surface area contributed by atoms with Crippen molar-refractivity contribution in [3.05, 3.63) is 72.8 Å². The first-order chi connectivity index (χ1) is 11.2. The van der Waals surface area contributed by atoms with Crippen LogP contribution in [0, 0.1) is 12.1 Å². The third-order valence-electron chi connectivity index (χ3n) is 1.21. The summed E-state index contributed by atoms with van der Waals surface area (Å²) >= 11 is 0. The molecular formula is C12H10O9P3Zr2+3. The maximum absolute atomic E-state index is 8.48. The van der Waals surface area contributed by atoms with Crippen molar-refractivity contribution >= 4 is 24.8 Å². The summed E-state index contributed by atoms with van der Waals surface area (Å²) < 4.78 is 25.4. The Kier molecular flexibility index (Phi) is 46.9. The fourth-order valence-electron chi connectivity index (χ4n) is 0.684. The van der Waals surface area contributed by atoms with Gasteiger partial charge in [-0.2, -0.15) is 72.8 Å². The molecule has 0 heterocycles. The first kappa shape index (κ1) is 37.1. The molecule has 0 aliphatic heterocycles. The molecule has 0 amide bonds. The van der Waals surface area contributed by atoms with Crippen LogP contribution in [0.5, 0.6) is 0 Å². The van der Waals surface area contributed by atoms with E-state index in [0.29, 0.717) is 0 Å². The molecule has 2 aromatic carbocycles. The Labute approximate surface area is 191 Å². The van der Waals surface area contributed by atoms with E-state index in [0.717, 1.165) is 0 Å². The van der Waals surface area contributed by atoms with Crippen LogP contribution in [-0.2, 0) is 66.1 Å². The minimum Gasteiger partial charge on any atom is -0.598 e. The van der Waals surface area contributed by atoms with Crippen molar-refractivity contribution < 1.29 is 95.5 Å². The van der Waals surface area contributed by atoms with Crippen LogP contribution in [0.4, 0.5) is 0 Å². The summed E-state index contributed by atoms with van der Waals surface area (Å²) in [6.45, 7) is 0. The van der Waals surface area contributed by atoms with Gasteiger partial charge in [0.15, 0.2) is 0 Å². The molecule has 9 nitrogen and oxygen atoms in total. The van der Waals surface area contributed by atoms with Gasteiger partial charge in [0.2, 0.25) is 0 Å². The number of hydrogen-bond donors (Lipinski definition) is 0. The minimum absolute atomic E-state index is 0. The van der Waals surface area contributed by atoms with Crippen LogP contribution in [0.15, 0.2) is 60.7 Å². The third-order valence-corrected chi connectivity index (χ3v) is 1.21. The normalized spacial score (nSPS) is 6.69. The van der Waals surface area contributed by atoms with E-state index >= 15 is 0 Å². The standard InChI is InChI=1S/2C6H5.3HO3P.2Zr/c2*1-2-4-6-5-3-1;3*1-4(2)3;;/h2*1-5H;3*(H,1,2,3);;/q2*-1;;;;2*+4/p-3. The van der Waals surface area contributed by atoms with Crippen molar-refractivity contribution in [1.82, 2.24) is 0 Å². The average molecular weight is 574 g/mol. The smallest absolute Gasteiger partial charge is 0.598 e. The SMILES string of the molecule is O=[P+]([O-])[O-].O=[P+]([O-])[O-].O=[P+]([O-])[O-].[Zr+4].[Zr+4].[c-]1ccccc1.[c-]1ccccc1. The van der Waals surface area contributed by atoms with Gasteiger partial charge in [0, 0.05) is 0 Å². The average Bonchev–Trinajstić information content (AvgIpc) is 2.50. The van der Waals surface area contributed by atoms with Gasteiger partial charge in [-0.05, 0) is 0 Å². The molecule has 0 N–H and O–H groups in total. The van der Waals surface area contributed by atoms with Crippen LogP contribution >= 0.6 is 24.8 Å².